The van der Waals surface area contributed by atoms with Crippen molar-refractivity contribution in [1.82, 2.24) is 9.03 Å². The minimum atomic E-state index is -4.59. The molecule has 28 heavy (non-hydrogen) atoms. The van der Waals surface area contributed by atoms with Crippen LogP contribution >= 0.6 is 0 Å². The van der Waals surface area contributed by atoms with Crippen LogP contribution in [0.15, 0.2) is 18.2 Å². The fraction of sp³-hybridized carbons (Fsp3) is 0.611. The normalized spacial score (nSPS) is 31.6. The van der Waals surface area contributed by atoms with Gasteiger partial charge in [0.25, 0.3) is 10.2 Å². The second-order valence-corrected chi connectivity index (χ2v) is 9.56. The molecule has 1 aromatic carbocycles. The maximum atomic E-state index is 12.9. The van der Waals surface area contributed by atoms with E-state index < -0.39 is 34.4 Å². The zero-order valence-corrected chi connectivity index (χ0v) is 16.1. The predicted octanol–water partition coefficient (Wildman–Crippen LogP) is 2.05. The third-order valence-electron chi connectivity index (χ3n) is 6.33. The Hall–Kier alpha value is -1.65. The molecule has 1 saturated heterocycles. The van der Waals surface area contributed by atoms with Gasteiger partial charge in [-0.1, -0.05) is 6.07 Å². The van der Waals surface area contributed by atoms with Crippen molar-refractivity contribution in [2.75, 3.05) is 20.2 Å². The molecule has 3 aliphatic rings. The van der Waals surface area contributed by atoms with Crippen LogP contribution in [0.25, 0.3) is 0 Å². The van der Waals surface area contributed by atoms with E-state index in [1.807, 2.05) is 6.07 Å². The molecule has 0 unspecified atom stereocenters. The molecule has 0 amide bonds. The van der Waals surface area contributed by atoms with Crippen LogP contribution in [0.2, 0.25) is 0 Å². The van der Waals surface area contributed by atoms with Gasteiger partial charge in [0.05, 0.1) is 18.2 Å². The van der Waals surface area contributed by atoms with Crippen molar-refractivity contribution in [3.8, 4) is 0 Å². The van der Waals surface area contributed by atoms with Crippen LogP contribution < -0.4 is 4.72 Å². The highest BCUT2D eigenvalue weighted by atomic mass is 32.2. The summed E-state index contributed by atoms with van der Waals surface area (Å²) in [6.45, 7) is -1.66. The van der Waals surface area contributed by atoms with E-state index in [1.165, 1.54) is 7.11 Å². The first-order valence-corrected chi connectivity index (χ1v) is 10.5. The van der Waals surface area contributed by atoms with Crippen LogP contribution in [0, 0.1) is 11.8 Å². The van der Waals surface area contributed by atoms with Crippen molar-refractivity contribution < 1.29 is 31.1 Å². The number of carbonyl (C=O) groups is 1. The number of hydrogen-bond acceptors (Lipinski definition) is 4. The zero-order valence-electron chi connectivity index (χ0n) is 15.3. The third-order valence-corrected chi connectivity index (χ3v) is 7.91. The number of benzene rings is 1. The van der Waals surface area contributed by atoms with Gasteiger partial charge in [-0.05, 0) is 60.8 Å². The van der Waals surface area contributed by atoms with Gasteiger partial charge in [-0.25, -0.2) is 4.79 Å². The Labute approximate surface area is 161 Å². The lowest BCUT2D eigenvalue weighted by atomic mass is 9.79. The summed E-state index contributed by atoms with van der Waals surface area (Å²) in [7, 11) is -2.89. The monoisotopic (exact) mass is 418 g/mol. The van der Waals surface area contributed by atoms with Crippen LogP contribution in [0.1, 0.15) is 34.3 Å². The second kappa shape index (κ2) is 6.43. The number of alkyl halides is 3. The molecule has 1 heterocycles. The highest BCUT2D eigenvalue weighted by Gasteiger charge is 2.60. The molecule has 0 aromatic heterocycles. The van der Waals surface area contributed by atoms with Crippen LogP contribution in [0.5, 0.6) is 0 Å². The summed E-state index contributed by atoms with van der Waals surface area (Å²) in [4.78, 5) is 11.8. The molecular weight excluding hydrogens is 397 g/mol. The standard InChI is InChI=1S/C18H21F3N2O4S/c1-27-16(24)12-3-2-11-7-14-4-5-15(8-13(11)6-12)17(14)9-23(10-18(19,20)21)28(25,26)22-17/h2-3,6,14-15,22H,4-5,7-10H2,1H3/t14-,15+,17+/m0/s1. The van der Waals surface area contributed by atoms with Crippen molar-refractivity contribution in [2.45, 2.75) is 37.4 Å². The van der Waals surface area contributed by atoms with Crippen LogP contribution in [0.4, 0.5) is 13.2 Å². The molecule has 1 aromatic rings. The number of nitrogens with zero attached hydrogens (tertiary/aromatic N) is 1. The first kappa shape index (κ1) is 19.7. The molecule has 10 heteroatoms. The predicted molar refractivity (Wildman–Crippen MR) is 93.8 cm³/mol. The minimum Gasteiger partial charge on any atom is -0.465 e. The van der Waals surface area contributed by atoms with Gasteiger partial charge in [-0.2, -0.15) is 30.6 Å². The molecule has 2 aliphatic carbocycles. The molecule has 154 valence electrons. The Morgan fingerprint density at radius 1 is 1.25 bits per heavy atom. The van der Waals surface area contributed by atoms with Gasteiger partial charge in [0.2, 0.25) is 0 Å². The molecule has 2 fully saturated rings. The Bertz CT molecular complexity index is 918. The fourth-order valence-electron chi connectivity index (χ4n) is 5.09. The summed E-state index contributed by atoms with van der Waals surface area (Å²) in [5.41, 5.74) is 1.45. The van der Waals surface area contributed by atoms with Crippen LogP contribution in [0.3, 0.4) is 0 Å². The van der Waals surface area contributed by atoms with Gasteiger partial charge in [-0.15, -0.1) is 0 Å². The Balaban J connectivity index is 1.67. The minimum absolute atomic E-state index is 0.0873. The van der Waals surface area contributed by atoms with E-state index in [1.54, 1.807) is 12.1 Å². The average Bonchev–Trinajstić information content (AvgIpc) is 2.97. The van der Waals surface area contributed by atoms with Gasteiger partial charge in [0, 0.05) is 6.54 Å². The molecule has 6 nitrogen and oxygen atoms in total. The molecule has 1 spiro atoms. The van der Waals surface area contributed by atoms with Crippen LogP contribution in [-0.4, -0.2) is 50.6 Å². The first-order valence-electron chi connectivity index (χ1n) is 9.10. The molecule has 3 atom stereocenters. The van der Waals surface area contributed by atoms with E-state index in [2.05, 4.69) is 4.72 Å². The lowest BCUT2D eigenvalue weighted by molar-refractivity contribution is -0.136. The van der Waals surface area contributed by atoms with E-state index in [0.717, 1.165) is 24.0 Å². The molecule has 0 radical (unpaired) electrons. The lowest BCUT2D eigenvalue weighted by Crippen LogP contribution is -2.52. The van der Waals surface area contributed by atoms with Crippen molar-refractivity contribution in [1.29, 1.82) is 0 Å². The van der Waals surface area contributed by atoms with Crippen molar-refractivity contribution in [3.63, 3.8) is 0 Å². The topological polar surface area (TPSA) is 75.7 Å². The Kier molecular flexibility index (Phi) is 4.51. The number of esters is 1. The summed E-state index contributed by atoms with van der Waals surface area (Å²) in [5, 5.41) is 0. The SMILES string of the molecule is COC(=O)c1ccc2c(c1)C[C@H]1CC[C@@H](C2)[C@]12CN(CC(F)(F)F)S(=O)(=O)N2. The first-order chi connectivity index (χ1) is 13.0. The Morgan fingerprint density at radius 3 is 2.50 bits per heavy atom. The molecular formula is C18H21F3N2O4S. The molecule has 1 saturated carbocycles. The number of halogens is 3. The van der Waals surface area contributed by atoms with Crippen molar-refractivity contribution in [3.05, 3.63) is 34.9 Å². The van der Waals surface area contributed by atoms with Crippen LogP contribution in [-0.2, 0) is 27.8 Å². The van der Waals surface area contributed by atoms with Gasteiger partial charge >= 0.3 is 12.1 Å². The molecule has 4 rings (SSSR count). The largest absolute Gasteiger partial charge is 0.465 e. The quantitative estimate of drug-likeness (QED) is 0.746. The number of rotatable bonds is 2. The fourth-order valence-corrected chi connectivity index (χ4v) is 6.80. The number of ether oxygens (including phenoxy) is 1. The van der Waals surface area contributed by atoms with Gasteiger partial charge in [-0.3, -0.25) is 0 Å². The summed E-state index contributed by atoms with van der Waals surface area (Å²) in [6.07, 6.45) is -2.03. The van der Waals surface area contributed by atoms with Gasteiger partial charge in [0.15, 0.2) is 0 Å². The lowest BCUT2D eigenvalue weighted by Gasteiger charge is -2.33. The zero-order chi connectivity index (χ0) is 20.3. The van der Waals surface area contributed by atoms with E-state index >= 15 is 0 Å². The molecule has 1 aliphatic heterocycles. The summed E-state index contributed by atoms with van der Waals surface area (Å²) in [6, 6.07) is 5.27. The maximum Gasteiger partial charge on any atom is 0.402 e. The van der Waals surface area contributed by atoms with E-state index in [0.29, 0.717) is 22.7 Å². The molecule has 2 bridgehead atoms. The summed E-state index contributed by atoms with van der Waals surface area (Å²) < 4.78 is 71.5. The average molecular weight is 418 g/mol. The van der Waals surface area contributed by atoms with E-state index in [-0.39, 0.29) is 18.4 Å². The Morgan fingerprint density at radius 2 is 1.89 bits per heavy atom. The number of hydrogen-bond donors (Lipinski definition) is 1. The maximum absolute atomic E-state index is 12.9. The molecule has 1 N–H and O–H groups in total. The summed E-state index contributed by atoms with van der Waals surface area (Å²) in [5.74, 6) is -0.666. The van der Waals surface area contributed by atoms with E-state index in [9.17, 15) is 26.4 Å². The second-order valence-electron chi connectivity index (χ2n) is 7.89. The number of carbonyl (C=O) groups excluding carboxylic acids is 1. The van der Waals surface area contributed by atoms with Crippen molar-refractivity contribution in [2.24, 2.45) is 11.8 Å². The highest BCUT2D eigenvalue weighted by Crippen LogP contribution is 2.50. The third kappa shape index (κ3) is 3.21. The van der Waals surface area contributed by atoms with Gasteiger partial charge < -0.3 is 4.74 Å². The highest BCUT2D eigenvalue weighted by molar-refractivity contribution is 7.87. The van der Waals surface area contributed by atoms with Gasteiger partial charge in [0.1, 0.15) is 6.54 Å². The number of nitrogens with one attached hydrogen (secondary N) is 1. The number of fused-ring (bicyclic) bond motifs is 1. The van der Waals surface area contributed by atoms with Crippen molar-refractivity contribution >= 4 is 16.2 Å². The smallest absolute Gasteiger partial charge is 0.402 e. The number of methoxy groups -OCH3 is 1. The summed E-state index contributed by atoms with van der Waals surface area (Å²) >= 11 is 0. The van der Waals surface area contributed by atoms with E-state index in [4.69, 9.17) is 4.74 Å².